The van der Waals surface area contributed by atoms with Crippen molar-refractivity contribution < 1.29 is 76.5 Å². The monoisotopic (exact) mass is 1320 g/mol. The van der Waals surface area contributed by atoms with Crippen LogP contribution in [-0.4, -0.2) is 192 Å². The topological polar surface area (TPSA) is 482 Å². The number of carbonyl (C=O) groups excluding carboxylic acids is 11. The molecule has 2 aliphatic rings. The molecule has 522 valence electrons. The number of carbonyl (C=O) groups is 11. The molecule has 1 aromatic carbocycles. The van der Waals surface area contributed by atoms with Crippen LogP contribution in [0.15, 0.2) is 30.3 Å². The highest BCUT2D eigenvalue weighted by Gasteiger charge is 2.62. The molecule has 17 atom stereocenters. The van der Waals surface area contributed by atoms with Gasteiger partial charge in [-0.15, -0.1) is 0 Å². The van der Waals surface area contributed by atoms with Crippen LogP contribution in [0.4, 0.5) is 8.78 Å². The first-order valence-electron chi connectivity index (χ1n) is 31.7. The van der Waals surface area contributed by atoms with Crippen LogP contribution in [0.5, 0.6) is 0 Å². The second kappa shape index (κ2) is 38.2. The zero-order chi connectivity index (χ0) is 70.0. The molecule has 0 aromatic heterocycles. The summed E-state index contributed by atoms with van der Waals surface area (Å²) in [6.45, 7) is 12.5. The molecular weight excluding hydrogens is 1220 g/mol. The van der Waals surface area contributed by atoms with Crippen molar-refractivity contribution in [2.24, 2.45) is 41.1 Å². The van der Waals surface area contributed by atoms with Crippen LogP contribution in [0.2, 0.25) is 0 Å². The second-order valence-electron chi connectivity index (χ2n) is 24.3. The Morgan fingerprint density at radius 3 is 1.67 bits per heavy atom. The standard InChI is InChI=1S/C61H100F2N16O14/c1-11-30(5)44(75-50(83)39(68-10)25-35-19-16-15-17-20-35)54(87)72-40(28-80)51(84)70-38(22-23-43(64)65)49(82)74-46(32(7)13-3)56(89)76-45(31(6)12-2)55(88)73-41(29-81)52(85)77-48-34(9)93-58(91)47(33(8)14-4)78-59(92)61(27-36(61)26-42(62)63)79-53(86)37(71-57(48)90)21-18-24-69-60(66)67/h15-17,19-20,30-34,36-42,44-48,68,80-81H,11-14,18,21-29H2,1-10H3,(H3,64,65)(H,70,84)(H,71,90)(H,72,87)(H,73,88)(H,74,82)(H,75,83)(H,76,89)(H,77,85)(H,78,92)(H,79,86)(H4,66,67,69)/t30-,31-,32-,33-,34-,36?,37-,38+,39+,40-,41-,44-,45-,46+,47-,48+,61?/m0/s1. The molecule has 1 aliphatic carbocycles. The van der Waals surface area contributed by atoms with Crippen molar-refractivity contribution >= 4 is 76.8 Å². The number of halogens is 2. The van der Waals surface area contributed by atoms with Gasteiger partial charge in [-0.3, -0.25) is 58.8 Å². The third kappa shape index (κ3) is 23.7. The van der Waals surface area contributed by atoms with Crippen LogP contribution < -0.4 is 75.3 Å². The Bertz CT molecular complexity index is 2750. The first-order chi connectivity index (χ1) is 43.9. The van der Waals surface area contributed by atoms with Crippen molar-refractivity contribution in [1.82, 2.24) is 63.8 Å². The largest absolute Gasteiger partial charge is 0.458 e. The Morgan fingerprint density at radius 2 is 1.18 bits per heavy atom. The number of benzene rings is 1. The zero-order valence-electron chi connectivity index (χ0n) is 54.8. The maximum absolute atomic E-state index is 14.5. The molecule has 0 radical (unpaired) electrons. The van der Waals surface area contributed by atoms with E-state index in [9.17, 15) is 71.7 Å². The summed E-state index contributed by atoms with van der Waals surface area (Å²) in [5.74, 6) is -15.1. The lowest BCUT2D eigenvalue weighted by atomic mass is 9.94. The highest BCUT2D eigenvalue weighted by Crippen LogP contribution is 2.48. The number of amides is 10. The minimum Gasteiger partial charge on any atom is -0.458 e. The first-order valence-corrected chi connectivity index (χ1v) is 31.7. The number of aliphatic hydroxyl groups excluding tert-OH is 2. The molecule has 0 bridgehead atoms. The van der Waals surface area contributed by atoms with E-state index in [0.29, 0.717) is 12.8 Å². The van der Waals surface area contributed by atoms with Crippen LogP contribution in [0, 0.1) is 40.4 Å². The molecule has 1 spiro atoms. The minimum absolute atomic E-state index is 0.0141. The van der Waals surface area contributed by atoms with E-state index < -0.39 is 199 Å². The summed E-state index contributed by atoms with van der Waals surface area (Å²) < 4.78 is 33.3. The van der Waals surface area contributed by atoms with E-state index in [4.69, 9.17) is 27.0 Å². The summed E-state index contributed by atoms with van der Waals surface area (Å²) in [6, 6.07) is -5.73. The summed E-state index contributed by atoms with van der Waals surface area (Å²) in [6.07, 6.45) is -4.76. The summed E-state index contributed by atoms with van der Waals surface area (Å²) in [7, 11) is 1.59. The number of guanidine groups is 1. The summed E-state index contributed by atoms with van der Waals surface area (Å²) in [5.41, 5.74) is 10.0. The number of rotatable bonds is 36. The van der Waals surface area contributed by atoms with Gasteiger partial charge in [0.2, 0.25) is 65.5 Å². The molecule has 30 nitrogen and oxygen atoms in total. The molecule has 3 rings (SSSR count). The van der Waals surface area contributed by atoms with Crippen molar-refractivity contribution in [2.45, 2.75) is 211 Å². The van der Waals surface area contributed by atoms with Gasteiger partial charge in [0.15, 0.2) is 5.96 Å². The number of hydrogen-bond donors (Lipinski definition) is 18. The van der Waals surface area contributed by atoms with Crippen molar-refractivity contribution in [3.05, 3.63) is 35.9 Å². The molecule has 2 unspecified atom stereocenters. The smallest absolute Gasteiger partial charge is 0.329 e. The number of esters is 1. The lowest BCUT2D eigenvalue weighted by molar-refractivity contribution is -0.157. The predicted molar refractivity (Wildman–Crippen MR) is 338 cm³/mol. The maximum atomic E-state index is 14.5. The van der Waals surface area contributed by atoms with Gasteiger partial charge in [0.1, 0.15) is 66.0 Å². The fraction of sp³-hybridized carbons (Fsp3) is 0.689. The third-order valence-corrected chi connectivity index (χ3v) is 17.3. The van der Waals surface area contributed by atoms with Gasteiger partial charge in [0.25, 0.3) is 0 Å². The highest BCUT2D eigenvalue weighted by atomic mass is 19.3. The van der Waals surface area contributed by atoms with E-state index in [-0.39, 0.29) is 63.7 Å². The molecule has 10 amide bonds. The lowest BCUT2D eigenvalue weighted by Gasteiger charge is -2.31. The maximum Gasteiger partial charge on any atom is 0.329 e. The van der Waals surface area contributed by atoms with Gasteiger partial charge in [-0.1, -0.05) is 111 Å². The van der Waals surface area contributed by atoms with Gasteiger partial charge < -0.3 is 90.2 Å². The fourth-order valence-electron chi connectivity index (χ4n) is 10.4. The van der Waals surface area contributed by atoms with E-state index >= 15 is 0 Å². The molecule has 1 heterocycles. The molecule has 1 saturated carbocycles. The SMILES string of the molecule is CC[C@H](C)[C@H](NC(=O)[C@@H](Cc1ccccc1)NC)C(=O)N[C@@H](CO)C(=O)N[C@H](CCC(=N)N)C(=O)N[C@@H](C(=O)N[C@H](C(=O)N[C@@H](CO)C(=O)N[C@H]1C(=O)N[C@@H](CCCNC(=N)N)C(=O)NC2(CC2CC(F)F)C(=O)N[C@@H]([C@@H](C)CC)C(=O)O[C@H]1C)[C@@H](C)CC)[C@@H](C)CC. The molecular formula is C61H100F2N16O14. The third-order valence-electron chi connectivity index (χ3n) is 17.3. The van der Waals surface area contributed by atoms with Crippen LogP contribution in [-0.2, 0) is 63.9 Å². The highest BCUT2D eigenvalue weighted by molar-refractivity contribution is 6.01. The van der Waals surface area contributed by atoms with Crippen LogP contribution in [0.1, 0.15) is 132 Å². The number of alkyl halides is 2. The van der Waals surface area contributed by atoms with Crippen molar-refractivity contribution in [3.8, 4) is 0 Å². The van der Waals surface area contributed by atoms with E-state index in [1.807, 2.05) is 30.3 Å². The molecule has 32 heteroatoms. The average molecular weight is 1320 g/mol. The van der Waals surface area contributed by atoms with Gasteiger partial charge in [-0.2, -0.15) is 0 Å². The summed E-state index contributed by atoms with van der Waals surface area (Å²) in [5, 5.41) is 67.4. The molecule has 93 heavy (non-hydrogen) atoms. The average Bonchev–Trinajstić information content (AvgIpc) is 1.58. The molecule has 1 aliphatic heterocycles. The van der Waals surface area contributed by atoms with Crippen molar-refractivity contribution in [1.29, 1.82) is 10.8 Å². The number of ether oxygens (including phenoxy) is 1. The minimum atomic E-state index is -2.87. The first kappa shape index (κ1) is 79.1. The Morgan fingerprint density at radius 1 is 0.688 bits per heavy atom. The number of aliphatic hydroxyl groups is 2. The van der Waals surface area contributed by atoms with E-state index in [2.05, 4.69) is 63.8 Å². The van der Waals surface area contributed by atoms with E-state index in [1.165, 1.54) is 6.92 Å². The van der Waals surface area contributed by atoms with Crippen LogP contribution >= 0.6 is 0 Å². The number of likely N-dealkylation sites (N-methyl/N-ethyl adjacent to an activating group) is 1. The fourth-order valence-corrected chi connectivity index (χ4v) is 10.4. The van der Waals surface area contributed by atoms with Crippen LogP contribution in [0.25, 0.3) is 0 Å². The quantitative estimate of drug-likeness (QED) is 0.0147. The van der Waals surface area contributed by atoms with Gasteiger partial charge >= 0.3 is 5.97 Å². The normalized spacial score (nSPS) is 22.7. The summed E-state index contributed by atoms with van der Waals surface area (Å²) >= 11 is 0. The molecule has 1 saturated heterocycles. The molecule has 2 fully saturated rings. The molecule has 1 aromatic rings. The molecule has 20 N–H and O–H groups in total. The second-order valence-corrected chi connectivity index (χ2v) is 24.3. The van der Waals surface area contributed by atoms with Crippen molar-refractivity contribution in [2.75, 3.05) is 26.8 Å². The predicted octanol–water partition coefficient (Wildman–Crippen LogP) is -2.20. The Kier molecular flexibility index (Phi) is 32.5. The van der Waals surface area contributed by atoms with E-state index in [0.717, 1.165) is 5.56 Å². The Balaban J connectivity index is 1.91. The number of nitrogens with one attached hydrogen (secondary N) is 14. The number of cyclic esters (lactones) is 1. The summed E-state index contributed by atoms with van der Waals surface area (Å²) in [4.78, 5) is 156. The van der Waals surface area contributed by atoms with Gasteiger partial charge in [-0.05, 0) is 81.2 Å². The number of amidine groups is 1. The van der Waals surface area contributed by atoms with E-state index in [1.54, 1.807) is 62.4 Å². The Hall–Kier alpha value is -8.13. The van der Waals surface area contributed by atoms with Gasteiger partial charge in [0.05, 0.1) is 25.1 Å². The van der Waals surface area contributed by atoms with Crippen LogP contribution in [0.3, 0.4) is 0 Å². The van der Waals surface area contributed by atoms with Gasteiger partial charge in [-0.25, -0.2) is 13.6 Å². The van der Waals surface area contributed by atoms with Crippen molar-refractivity contribution in [3.63, 3.8) is 0 Å². The zero-order valence-corrected chi connectivity index (χ0v) is 54.8. The van der Waals surface area contributed by atoms with Gasteiger partial charge in [0, 0.05) is 19.4 Å². The number of nitrogens with two attached hydrogens (primary N) is 2. The Labute approximate surface area is 541 Å². The lowest BCUT2D eigenvalue weighted by Crippen LogP contribution is -2.63. The number of hydrogen-bond acceptors (Lipinski definition) is 17.